The normalized spacial score (nSPS) is 11.8. The average Bonchev–Trinajstić information content (AvgIpc) is 4.36. The average molecular weight is 1240 g/mol. The molecule has 4 aromatic heterocycles. The number of rotatable bonds is 7. The third kappa shape index (κ3) is 9.20. The molecule has 0 atom stereocenters. The molecule has 81 heavy (non-hydrogen) atoms. The standard InChI is InChI=1S/C36H23BrN2O.C24H18N2.C12H5Br2O/c37-31-18-9-16-29-30-17-10-20-33(36(30)40-35(29)31)38(24-11-3-1-4-12-24)26-21-22-28-27-15-7-8-19-32(27)39(34(28)23-26)25-13-5-2-6-14-25;1-3-9-18(10-4-1)25-19-15-16-22-21-13-7-8-14-23(21)26(24(22)17-19)20-11-5-2-6-12-20;13-9-5-1-3-7-8-4-2-6-10(14)12(8)15-11(7)9/h1-23H;1-17,25H;1-5H/q;;+1. The Bertz CT molecular complexity index is 4890. The fourth-order valence-electron chi connectivity index (χ4n) is 11.2. The Morgan fingerprint density at radius 3 is 1.51 bits per heavy atom. The number of furan rings is 2. The molecular formula is C72H46Br3N4O2+. The molecule has 386 valence electrons. The number of allylic oxidation sites excluding steroid dienone is 2. The van der Waals surface area contributed by atoms with E-state index in [4.69, 9.17) is 8.83 Å². The molecule has 0 fully saturated rings. The first-order valence-electron chi connectivity index (χ1n) is 26.6. The highest BCUT2D eigenvalue weighted by molar-refractivity contribution is 9.15. The van der Waals surface area contributed by atoms with E-state index in [0.717, 1.165) is 97.3 Å². The maximum absolute atomic E-state index is 6.57. The van der Waals surface area contributed by atoms with Crippen LogP contribution in [0.5, 0.6) is 0 Å². The van der Waals surface area contributed by atoms with Crippen molar-refractivity contribution < 1.29 is 8.83 Å². The highest BCUT2D eigenvalue weighted by Gasteiger charge is 2.27. The van der Waals surface area contributed by atoms with Gasteiger partial charge in [-0.25, -0.2) is 0 Å². The summed E-state index contributed by atoms with van der Waals surface area (Å²) in [5.41, 5.74) is 16.1. The van der Waals surface area contributed by atoms with Crippen LogP contribution in [0.1, 0.15) is 11.3 Å². The Morgan fingerprint density at radius 2 is 0.864 bits per heavy atom. The van der Waals surface area contributed by atoms with Gasteiger partial charge in [-0.2, -0.15) is 0 Å². The van der Waals surface area contributed by atoms with Gasteiger partial charge in [-0.05, 0) is 157 Å². The van der Waals surface area contributed by atoms with Gasteiger partial charge in [0.05, 0.1) is 54.2 Å². The number of fused-ring (bicyclic) bond motifs is 12. The first kappa shape index (κ1) is 50.0. The molecule has 0 spiro atoms. The molecule has 0 saturated heterocycles. The predicted molar refractivity (Wildman–Crippen MR) is 349 cm³/mol. The predicted octanol–water partition coefficient (Wildman–Crippen LogP) is 22.2. The molecule has 0 radical (unpaired) electrons. The second kappa shape index (κ2) is 21.4. The van der Waals surface area contributed by atoms with Crippen molar-refractivity contribution in [2.45, 2.75) is 0 Å². The van der Waals surface area contributed by atoms with Gasteiger partial charge < -0.3 is 28.2 Å². The zero-order valence-corrected chi connectivity index (χ0v) is 48.0. The molecule has 9 heteroatoms. The van der Waals surface area contributed by atoms with E-state index in [-0.39, 0.29) is 0 Å². The minimum atomic E-state index is 0.847. The molecule has 15 aromatic rings. The molecule has 6 nitrogen and oxygen atoms in total. The summed E-state index contributed by atoms with van der Waals surface area (Å²) in [6.45, 7) is 0. The van der Waals surface area contributed by atoms with E-state index in [1.807, 2.05) is 48.6 Å². The van der Waals surface area contributed by atoms with Crippen LogP contribution >= 0.6 is 47.8 Å². The van der Waals surface area contributed by atoms with Crippen molar-refractivity contribution in [2.75, 3.05) is 10.2 Å². The Labute approximate surface area is 492 Å². The molecule has 0 saturated carbocycles. The third-order valence-corrected chi connectivity index (χ3v) is 16.6. The zero-order chi connectivity index (χ0) is 54.4. The van der Waals surface area contributed by atoms with Crippen LogP contribution in [0.2, 0.25) is 0 Å². The van der Waals surface area contributed by atoms with Gasteiger partial charge in [0.1, 0.15) is 17.2 Å². The van der Waals surface area contributed by atoms with Crippen LogP contribution in [-0.4, -0.2) is 9.13 Å². The number of benzene rings is 11. The molecule has 1 aliphatic carbocycles. The number of hydrogen-bond acceptors (Lipinski definition) is 4. The Hall–Kier alpha value is -9.21. The Morgan fingerprint density at radius 1 is 0.370 bits per heavy atom. The van der Waals surface area contributed by atoms with Gasteiger partial charge in [0.2, 0.25) is 4.48 Å². The number of nitrogens with one attached hydrogen (secondary N) is 1. The molecule has 4 heterocycles. The van der Waals surface area contributed by atoms with Gasteiger partial charge in [-0.15, -0.1) is 0 Å². The second-order valence-electron chi connectivity index (χ2n) is 19.6. The van der Waals surface area contributed by atoms with Gasteiger partial charge in [0, 0.05) is 66.4 Å². The summed E-state index contributed by atoms with van der Waals surface area (Å²) in [6.07, 6.45) is 6.97. The molecule has 0 bridgehead atoms. The van der Waals surface area contributed by atoms with Gasteiger partial charge in [0.15, 0.2) is 11.2 Å². The number of halogens is 3. The van der Waals surface area contributed by atoms with Crippen LogP contribution in [0.4, 0.5) is 28.4 Å². The van der Waals surface area contributed by atoms with Crippen molar-refractivity contribution in [3.8, 4) is 11.4 Å². The fourth-order valence-corrected chi connectivity index (χ4v) is 12.5. The molecule has 11 aromatic carbocycles. The van der Waals surface area contributed by atoms with E-state index in [1.165, 1.54) is 43.8 Å². The molecule has 0 unspecified atom stereocenters. The quantitative estimate of drug-likeness (QED) is 0.162. The molecular weight excluding hydrogens is 1190 g/mol. The van der Waals surface area contributed by atoms with Gasteiger partial charge in [-0.3, -0.25) is 0 Å². The van der Waals surface area contributed by atoms with Gasteiger partial charge in [-0.1, -0.05) is 152 Å². The lowest BCUT2D eigenvalue weighted by Gasteiger charge is -2.25. The van der Waals surface area contributed by atoms with Gasteiger partial charge >= 0.3 is 0 Å². The van der Waals surface area contributed by atoms with E-state index >= 15 is 0 Å². The highest BCUT2D eigenvalue weighted by Crippen LogP contribution is 2.45. The Kier molecular flexibility index (Phi) is 13.3. The van der Waals surface area contributed by atoms with Crippen molar-refractivity contribution in [3.63, 3.8) is 0 Å². The molecule has 16 rings (SSSR count). The van der Waals surface area contributed by atoms with E-state index in [2.05, 4.69) is 298 Å². The van der Waals surface area contributed by atoms with E-state index in [1.54, 1.807) is 0 Å². The van der Waals surface area contributed by atoms with E-state index in [0.29, 0.717) is 0 Å². The van der Waals surface area contributed by atoms with Crippen molar-refractivity contribution in [3.05, 3.63) is 293 Å². The smallest absolute Gasteiger partial charge is 0.264 e. The third-order valence-electron chi connectivity index (χ3n) is 14.8. The van der Waals surface area contributed by atoms with Crippen LogP contribution in [0.25, 0.3) is 98.5 Å². The minimum absolute atomic E-state index is 0.847. The summed E-state index contributed by atoms with van der Waals surface area (Å²) < 4.78 is 19.8. The summed E-state index contributed by atoms with van der Waals surface area (Å²) in [7, 11) is 0. The van der Waals surface area contributed by atoms with Crippen LogP contribution in [0.15, 0.2) is 285 Å². The van der Waals surface area contributed by atoms with E-state index < -0.39 is 0 Å². The maximum atomic E-state index is 6.57. The SMILES string of the molecule is BrC1=[C+]C=Cc2c1oc1c(Br)cccc21.Brc1cccc2c1oc1c(N(c3ccccc3)c3ccc4c5ccccc5n(-c5ccccc5)c4c3)cccc12.c1ccc(Nc2ccc3c4ccccc4n(-c4ccccc4)c3c2)cc1. The van der Waals surface area contributed by atoms with Crippen molar-refractivity contribution in [1.82, 2.24) is 9.13 Å². The van der Waals surface area contributed by atoms with E-state index in [9.17, 15) is 0 Å². The lowest BCUT2D eigenvalue weighted by Crippen LogP contribution is -2.10. The summed E-state index contributed by atoms with van der Waals surface area (Å²) in [5, 5.41) is 11.8. The number of para-hydroxylation sites is 9. The zero-order valence-electron chi connectivity index (χ0n) is 43.3. The summed E-state index contributed by atoms with van der Waals surface area (Å²) in [5.74, 6) is 0.847. The van der Waals surface area contributed by atoms with Crippen LogP contribution in [0, 0.1) is 6.08 Å². The summed E-state index contributed by atoms with van der Waals surface area (Å²) >= 11 is 10.6. The lowest BCUT2D eigenvalue weighted by atomic mass is 10.1. The first-order chi connectivity index (χ1) is 39.9. The first-order valence-corrected chi connectivity index (χ1v) is 28.9. The summed E-state index contributed by atoms with van der Waals surface area (Å²) in [4.78, 5) is 2.30. The van der Waals surface area contributed by atoms with Crippen molar-refractivity contribution >= 4 is 163 Å². The van der Waals surface area contributed by atoms with Crippen LogP contribution in [-0.2, 0) is 0 Å². The number of anilines is 5. The number of aromatic nitrogens is 2. The van der Waals surface area contributed by atoms with Crippen LogP contribution < -0.4 is 10.2 Å². The molecule has 1 aliphatic rings. The van der Waals surface area contributed by atoms with Crippen LogP contribution in [0.3, 0.4) is 0 Å². The number of nitrogens with zero attached hydrogens (tertiary/aromatic N) is 3. The molecule has 1 N–H and O–H groups in total. The molecule has 0 amide bonds. The van der Waals surface area contributed by atoms with Crippen molar-refractivity contribution in [1.29, 1.82) is 0 Å². The topological polar surface area (TPSA) is 51.4 Å². The maximum Gasteiger partial charge on any atom is 0.264 e. The minimum Gasteiger partial charge on any atom is -0.453 e. The van der Waals surface area contributed by atoms with Gasteiger partial charge in [0.25, 0.3) is 5.76 Å². The Balaban J connectivity index is 0.000000122. The number of hydrogen-bond donors (Lipinski definition) is 1. The highest BCUT2D eigenvalue weighted by atomic mass is 79.9. The summed E-state index contributed by atoms with van der Waals surface area (Å²) in [6, 6.07) is 91.1. The fraction of sp³-hybridized carbons (Fsp3) is 0. The lowest BCUT2D eigenvalue weighted by molar-refractivity contribution is 0.600. The van der Waals surface area contributed by atoms with Crippen molar-refractivity contribution in [2.24, 2.45) is 0 Å². The second-order valence-corrected chi connectivity index (χ2v) is 22.1. The largest absolute Gasteiger partial charge is 0.453 e. The molecule has 0 aliphatic heterocycles. The monoisotopic (exact) mass is 1240 g/mol.